The summed E-state index contributed by atoms with van der Waals surface area (Å²) >= 11 is 0. The van der Waals surface area contributed by atoms with Gasteiger partial charge in [-0.3, -0.25) is 9.59 Å². The zero-order chi connectivity index (χ0) is 22.8. The van der Waals surface area contributed by atoms with E-state index in [1.54, 1.807) is 18.9 Å². The maximum absolute atomic E-state index is 13.2. The molecule has 3 aromatic rings. The van der Waals surface area contributed by atoms with Gasteiger partial charge in [0.25, 0.3) is 0 Å². The van der Waals surface area contributed by atoms with Crippen LogP contribution in [-0.2, 0) is 29.1 Å². The summed E-state index contributed by atoms with van der Waals surface area (Å²) < 4.78 is 5.36. The molecule has 32 heavy (non-hydrogen) atoms. The minimum Gasteiger partial charge on any atom is -0.496 e. The number of nitrogens with zero attached hydrogens (tertiary/aromatic N) is 1. The molecular formula is C27H30N2O3. The Morgan fingerprint density at radius 1 is 0.875 bits per heavy atom. The molecule has 5 nitrogen and oxygen atoms in total. The summed E-state index contributed by atoms with van der Waals surface area (Å²) in [5.74, 6) is 0.484. The number of carbonyl (C=O) groups is 2. The number of aryl methyl sites for hydroxylation is 1. The summed E-state index contributed by atoms with van der Waals surface area (Å²) in [6, 6.07) is 26.6. The van der Waals surface area contributed by atoms with Gasteiger partial charge < -0.3 is 15.0 Å². The average molecular weight is 431 g/mol. The molecule has 0 aliphatic rings. The van der Waals surface area contributed by atoms with Crippen molar-refractivity contribution in [2.75, 3.05) is 7.11 Å². The van der Waals surface area contributed by atoms with Gasteiger partial charge in [0.2, 0.25) is 11.8 Å². The molecule has 0 radical (unpaired) electrons. The van der Waals surface area contributed by atoms with Crippen molar-refractivity contribution in [3.8, 4) is 5.75 Å². The Balaban J connectivity index is 1.69. The van der Waals surface area contributed by atoms with Crippen molar-refractivity contribution in [3.05, 3.63) is 102 Å². The molecule has 2 amide bonds. The first kappa shape index (κ1) is 23.1. The molecule has 0 heterocycles. The minimum absolute atomic E-state index is 0.0438. The maximum Gasteiger partial charge on any atom is 0.242 e. The Morgan fingerprint density at radius 3 is 2.12 bits per heavy atom. The Hall–Kier alpha value is -3.60. The number of amides is 2. The number of hydrogen-bond donors (Lipinski definition) is 1. The number of benzene rings is 3. The van der Waals surface area contributed by atoms with E-state index in [-0.39, 0.29) is 11.8 Å². The third-order valence-electron chi connectivity index (χ3n) is 5.48. The first-order valence-corrected chi connectivity index (χ1v) is 10.9. The zero-order valence-corrected chi connectivity index (χ0v) is 18.7. The quantitative estimate of drug-likeness (QED) is 0.520. The first-order valence-electron chi connectivity index (χ1n) is 10.9. The Bertz CT molecular complexity index is 1010. The molecule has 1 N–H and O–H groups in total. The normalized spacial score (nSPS) is 11.4. The molecule has 3 aromatic carbocycles. The standard InChI is InChI=1S/C27H30N2O3/c1-21(27(31)28-19-24-15-9-10-16-25(24)32-2)29(20-23-13-7-4-8-14-23)26(30)18-17-22-11-5-3-6-12-22/h3-16,21H,17-20H2,1-2H3,(H,28,31)/t21-/m0/s1. The highest BCUT2D eigenvalue weighted by atomic mass is 16.5. The minimum atomic E-state index is -0.604. The number of para-hydroxylation sites is 1. The van der Waals surface area contributed by atoms with Crippen LogP contribution < -0.4 is 10.1 Å². The number of nitrogens with one attached hydrogen (secondary N) is 1. The number of rotatable bonds is 10. The molecule has 0 saturated carbocycles. The van der Waals surface area contributed by atoms with Crippen molar-refractivity contribution in [3.63, 3.8) is 0 Å². The van der Waals surface area contributed by atoms with Gasteiger partial charge in [-0.2, -0.15) is 0 Å². The Morgan fingerprint density at radius 2 is 1.47 bits per heavy atom. The van der Waals surface area contributed by atoms with E-state index in [0.717, 1.165) is 22.4 Å². The first-order chi connectivity index (χ1) is 15.6. The van der Waals surface area contributed by atoms with Crippen molar-refractivity contribution in [1.82, 2.24) is 10.2 Å². The van der Waals surface area contributed by atoms with Gasteiger partial charge >= 0.3 is 0 Å². The van der Waals surface area contributed by atoms with Crippen LogP contribution in [0.15, 0.2) is 84.9 Å². The van der Waals surface area contributed by atoms with Gasteiger partial charge in [-0.25, -0.2) is 0 Å². The lowest BCUT2D eigenvalue weighted by atomic mass is 10.1. The van der Waals surface area contributed by atoms with E-state index in [9.17, 15) is 9.59 Å². The van der Waals surface area contributed by atoms with Gasteiger partial charge in [-0.15, -0.1) is 0 Å². The lowest BCUT2D eigenvalue weighted by Crippen LogP contribution is -2.47. The predicted octanol–water partition coefficient (Wildman–Crippen LogP) is 4.36. The highest BCUT2D eigenvalue weighted by Gasteiger charge is 2.26. The van der Waals surface area contributed by atoms with E-state index < -0.39 is 6.04 Å². The van der Waals surface area contributed by atoms with Gasteiger partial charge in [0.05, 0.1) is 7.11 Å². The van der Waals surface area contributed by atoms with Crippen LogP contribution in [0, 0.1) is 0 Å². The summed E-state index contributed by atoms with van der Waals surface area (Å²) in [5, 5.41) is 2.96. The monoisotopic (exact) mass is 430 g/mol. The average Bonchev–Trinajstić information content (AvgIpc) is 2.85. The molecular weight excluding hydrogens is 400 g/mol. The number of hydrogen-bond acceptors (Lipinski definition) is 3. The van der Waals surface area contributed by atoms with E-state index in [1.807, 2.05) is 84.9 Å². The second kappa shape index (κ2) is 11.7. The molecule has 0 spiro atoms. The molecule has 0 aromatic heterocycles. The SMILES string of the molecule is COc1ccccc1CNC(=O)[C@H](C)N(Cc1ccccc1)C(=O)CCc1ccccc1. The molecule has 0 fully saturated rings. The summed E-state index contributed by atoms with van der Waals surface area (Å²) in [7, 11) is 1.61. The lowest BCUT2D eigenvalue weighted by Gasteiger charge is -2.29. The number of ether oxygens (including phenoxy) is 1. The largest absolute Gasteiger partial charge is 0.496 e. The van der Waals surface area contributed by atoms with Gasteiger partial charge in [0.1, 0.15) is 11.8 Å². The van der Waals surface area contributed by atoms with Crippen LogP contribution in [0.25, 0.3) is 0 Å². The van der Waals surface area contributed by atoms with Gasteiger partial charge in [0.15, 0.2) is 0 Å². The molecule has 1 atom stereocenters. The third kappa shape index (κ3) is 6.45. The second-order valence-corrected chi connectivity index (χ2v) is 7.70. The maximum atomic E-state index is 13.2. The van der Waals surface area contributed by atoms with E-state index in [1.165, 1.54) is 0 Å². The van der Waals surface area contributed by atoms with Crippen molar-refractivity contribution in [2.45, 2.75) is 38.9 Å². The van der Waals surface area contributed by atoms with Crippen LogP contribution in [0.5, 0.6) is 5.75 Å². The zero-order valence-electron chi connectivity index (χ0n) is 18.7. The van der Waals surface area contributed by atoms with Gasteiger partial charge in [0, 0.05) is 25.1 Å². The number of methoxy groups -OCH3 is 1. The topological polar surface area (TPSA) is 58.6 Å². The van der Waals surface area contributed by atoms with E-state index >= 15 is 0 Å². The van der Waals surface area contributed by atoms with Crippen molar-refractivity contribution in [1.29, 1.82) is 0 Å². The van der Waals surface area contributed by atoms with Crippen LogP contribution in [-0.4, -0.2) is 29.9 Å². The van der Waals surface area contributed by atoms with Gasteiger partial charge in [-0.1, -0.05) is 78.9 Å². The fourth-order valence-electron chi connectivity index (χ4n) is 3.58. The Labute approximate surface area is 190 Å². The summed E-state index contributed by atoms with van der Waals surface area (Å²) in [6.07, 6.45) is 0.988. The molecule has 0 unspecified atom stereocenters. The van der Waals surface area contributed by atoms with Crippen LogP contribution >= 0.6 is 0 Å². The van der Waals surface area contributed by atoms with E-state index in [2.05, 4.69) is 5.32 Å². The second-order valence-electron chi connectivity index (χ2n) is 7.70. The smallest absolute Gasteiger partial charge is 0.242 e. The van der Waals surface area contributed by atoms with Crippen LogP contribution in [0.1, 0.15) is 30.0 Å². The van der Waals surface area contributed by atoms with Crippen LogP contribution in [0.4, 0.5) is 0 Å². The predicted molar refractivity (Wildman–Crippen MR) is 126 cm³/mol. The molecule has 0 aliphatic carbocycles. The summed E-state index contributed by atoms with van der Waals surface area (Å²) in [5.41, 5.74) is 2.99. The van der Waals surface area contributed by atoms with Crippen LogP contribution in [0.3, 0.4) is 0 Å². The van der Waals surface area contributed by atoms with Crippen molar-refractivity contribution < 1.29 is 14.3 Å². The summed E-state index contributed by atoms with van der Waals surface area (Å²) in [6.45, 7) is 2.50. The molecule has 0 bridgehead atoms. The highest BCUT2D eigenvalue weighted by Crippen LogP contribution is 2.17. The van der Waals surface area contributed by atoms with E-state index in [4.69, 9.17) is 4.74 Å². The third-order valence-corrected chi connectivity index (χ3v) is 5.48. The molecule has 166 valence electrons. The highest BCUT2D eigenvalue weighted by molar-refractivity contribution is 5.87. The molecule has 0 saturated heterocycles. The fourth-order valence-corrected chi connectivity index (χ4v) is 3.58. The molecule has 5 heteroatoms. The number of carbonyl (C=O) groups excluding carboxylic acids is 2. The van der Waals surface area contributed by atoms with Crippen LogP contribution in [0.2, 0.25) is 0 Å². The van der Waals surface area contributed by atoms with Gasteiger partial charge in [-0.05, 0) is 30.5 Å². The lowest BCUT2D eigenvalue weighted by molar-refractivity contribution is -0.140. The van der Waals surface area contributed by atoms with E-state index in [0.29, 0.717) is 25.9 Å². The molecule has 3 rings (SSSR count). The molecule has 0 aliphatic heterocycles. The summed E-state index contributed by atoms with van der Waals surface area (Å²) in [4.78, 5) is 27.8. The van der Waals surface area contributed by atoms with Crippen molar-refractivity contribution >= 4 is 11.8 Å². The fraction of sp³-hybridized carbons (Fsp3) is 0.259. The van der Waals surface area contributed by atoms with Crippen molar-refractivity contribution in [2.24, 2.45) is 0 Å². The Kier molecular flexibility index (Phi) is 8.44.